The van der Waals surface area contributed by atoms with Gasteiger partial charge in [0.05, 0.1) is 0 Å². The van der Waals surface area contributed by atoms with E-state index in [1.54, 1.807) is 7.11 Å². The molecular formula is C15H21ClN2O. The monoisotopic (exact) mass is 280 g/mol. The van der Waals surface area contributed by atoms with E-state index >= 15 is 0 Å². The SMILES string of the molecule is COCCCCn1cc(CCN)c2ccc(Cl)cc21. The molecule has 0 atom stereocenters. The molecule has 104 valence electrons. The normalized spacial score (nSPS) is 11.3. The summed E-state index contributed by atoms with van der Waals surface area (Å²) in [5.74, 6) is 0. The number of benzene rings is 1. The van der Waals surface area contributed by atoms with E-state index in [1.807, 2.05) is 12.1 Å². The zero-order valence-corrected chi connectivity index (χ0v) is 12.1. The van der Waals surface area contributed by atoms with Crippen molar-refractivity contribution >= 4 is 22.5 Å². The number of aromatic nitrogens is 1. The molecule has 0 saturated carbocycles. The van der Waals surface area contributed by atoms with E-state index in [2.05, 4.69) is 16.8 Å². The van der Waals surface area contributed by atoms with E-state index in [1.165, 1.54) is 16.5 Å². The van der Waals surface area contributed by atoms with Gasteiger partial charge in [-0.1, -0.05) is 17.7 Å². The van der Waals surface area contributed by atoms with Crippen LogP contribution in [0.5, 0.6) is 0 Å². The molecule has 2 N–H and O–H groups in total. The first kappa shape index (κ1) is 14.4. The van der Waals surface area contributed by atoms with Crippen LogP contribution < -0.4 is 5.73 Å². The molecular weight excluding hydrogens is 260 g/mol. The van der Waals surface area contributed by atoms with Gasteiger partial charge in [0.15, 0.2) is 0 Å². The van der Waals surface area contributed by atoms with E-state index in [0.717, 1.165) is 37.4 Å². The van der Waals surface area contributed by atoms with Gasteiger partial charge < -0.3 is 15.0 Å². The Hall–Kier alpha value is -1.03. The molecule has 1 aromatic carbocycles. The molecule has 0 spiro atoms. The predicted octanol–water partition coefficient (Wildman–Crippen LogP) is 3.22. The number of aryl methyl sites for hydroxylation is 1. The second-order valence-corrected chi connectivity index (χ2v) is 5.18. The third-order valence-electron chi connectivity index (χ3n) is 3.34. The third-order valence-corrected chi connectivity index (χ3v) is 3.57. The first-order valence-electron chi connectivity index (χ1n) is 6.72. The van der Waals surface area contributed by atoms with E-state index in [-0.39, 0.29) is 0 Å². The lowest BCUT2D eigenvalue weighted by Gasteiger charge is -2.05. The zero-order valence-electron chi connectivity index (χ0n) is 11.4. The molecule has 1 aromatic heterocycles. The van der Waals surface area contributed by atoms with Crippen LogP contribution in [0.2, 0.25) is 5.02 Å². The summed E-state index contributed by atoms with van der Waals surface area (Å²) in [4.78, 5) is 0. The maximum Gasteiger partial charge on any atom is 0.0498 e. The Balaban J connectivity index is 2.23. The molecule has 0 amide bonds. The standard InChI is InChI=1S/C15H21ClN2O/c1-19-9-3-2-8-18-11-12(6-7-17)14-5-4-13(16)10-15(14)18/h4-5,10-11H,2-3,6-9,17H2,1H3. The van der Waals surface area contributed by atoms with Crippen molar-refractivity contribution < 1.29 is 4.74 Å². The molecule has 3 nitrogen and oxygen atoms in total. The highest BCUT2D eigenvalue weighted by Gasteiger charge is 2.08. The first-order valence-corrected chi connectivity index (χ1v) is 7.10. The summed E-state index contributed by atoms with van der Waals surface area (Å²) < 4.78 is 7.36. The minimum Gasteiger partial charge on any atom is -0.385 e. The summed E-state index contributed by atoms with van der Waals surface area (Å²) in [5.41, 5.74) is 8.19. The molecule has 1 heterocycles. The van der Waals surface area contributed by atoms with Crippen LogP contribution in [0.15, 0.2) is 24.4 Å². The van der Waals surface area contributed by atoms with Gasteiger partial charge in [-0.3, -0.25) is 0 Å². The van der Waals surface area contributed by atoms with Crippen LogP contribution in [-0.2, 0) is 17.7 Å². The van der Waals surface area contributed by atoms with Crippen LogP contribution in [-0.4, -0.2) is 24.8 Å². The fraction of sp³-hybridized carbons (Fsp3) is 0.467. The van der Waals surface area contributed by atoms with Crippen molar-refractivity contribution in [1.82, 2.24) is 4.57 Å². The smallest absolute Gasteiger partial charge is 0.0498 e. The molecule has 0 aliphatic carbocycles. The lowest BCUT2D eigenvalue weighted by atomic mass is 10.1. The number of rotatable bonds is 7. The van der Waals surface area contributed by atoms with Crippen molar-refractivity contribution in [3.63, 3.8) is 0 Å². The van der Waals surface area contributed by atoms with Gasteiger partial charge in [-0.15, -0.1) is 0 Å². The number of hydrogen-bond acceptors (Lipinski definition) is 2. The van der Waals surface area contributed by atoms with Gasteiger partial charge in [0.1, 0.15) is 0 Å². The minimum absolute atomic E-state index is 0.672. The number of hydrogen-bond donors (Lipinski definition) is 1. The Morgan fingerprint density at radius 2 is 2.16 bits per heavy atom. The van der Waals surface area contributed by atoms with Crippen LogP contribution in [0, 0.1) is 0 Å². The zero-order chi connectivity index (χ0) is 13.7. The van der Waals surface area contributed by atoms with Gasteiger partial charge in [-0.25, -0.2) is 0 Å². The molecule has 0 aliphatic heterocycles. The number of nitrogens with two attached hydrogens (primary N) is 1. The average Bonchev–Trinajstić information content (AvgIpc) is 2.73. The summed E-state index contributed by atoms with van der Waals surface area (Å²) >= 11 is 6.10. The molecule has 2 aromatic rings. The first-order chi connectivity index (χ1) is 9.26. The number of unbranched alkanes of at least 4 members (excludes halogenated alkanes) is 1. The Labute approximate surface area is 119 Å². The van der Waals surface area contributed by atoms with E-state index in [0.29, 0.717) is 6.54 Å². The summed E-state index contributed by atoms with van der Waals surface area (Å²) in [6, 6.07) is 6.07. The van der Waals surface area contributed by atoms with Crippen molar-refractivity contribution in [2.24, 2.45) is 5.73 Å². The van der Waals surface area contributed by atoms with Gasteiger partial charge in [-0.2, -0.15) is 0 Å². The summed E-state index contributed by atoms with van der Waals surface area (Å²) in [6.45, 7) is 2.48. The van der Waals surface area contributed by atoms with Crippen LogP contribution in [0.3, 0.4) is 0 Å². The van der Waals surface area contributed by atoms with Crippen molar-refractivity contribution in [2.75, 3.05) is 20.3 Å². The molecule has 4 heteroatoms. The van der Waals surface area contributed by atoms with Gasteiger partial charge >= 0.3 is 0 Å². The van der Waals surface area contributed by atoms with Crippen molar-refractivity contribution in [1.29, 1.82) is 0 Å². The summed E-state index contributed by atoms with van der Waals surface area (Å²) in [7, 11) is 1.74. The second kappa shape index (κ2) is 6.94. The molecule has 19 heavy (non-hydrogen) atoms. The lowest BCUT2D eigenvalue weighted by molar-refractivity contribution is 0.191. The number of nitrogens with zero attached hydrogens (tertiary/aromatic N) is 1. The van der Waals surface area contributed by atoms with Crippen LogP contribution in [0.4, 0.5) is 0 Å². The quantitative estimate of drug-likeness (QED) is 0.791. The molecule has 2 rings (SSSR count). The van der Waals surface area contributed by atoms with E-state index < -0.39 is 0 Å². The predicted molar refractivity (Wildman–Crippen MR) is 80.8 cm³/mol. The Morgan fingerprint density at radius 1 is 1.32 bits per heavy atom. The van der Waals surface area contributed by atoms with Crippen molar-refractivity contribution in [3.8, 4) is 0 Å². The molecule has 0 saturated heterocycles. The number of ether oxygens (including phenoxy) is 1. The van der Waals surface area contributed by atoms with Crippen molar-refractivity contribution in [3.05, 3.63) is 35.0 Å². The van der Waals surface area contributed by atoms with E-state index in [4.69, 9.17) is 22.1 Å². The second-order valence-electron chi connectivity index (χ2n) is 4.75. The number of halogens is 1. The molecule has 0 unspecified atom stereocenters. The molecule has 0 fully saturated rings. The number of methoxy groups -OCH3 is 1. The maximum absolute atomic E-state index is 6.10. The van der Waals surface area contributed by atoms with Gasteiger partial charge in [0.25, 0.3) is 0 Å². The van der Waals surface area contributed by atoms with Gasteiger partial charge in [-0.05, 0) is 43.5 Å². The van der Waals surface area contributed by atoms with E-state index in [9.17, 15) is 0 Å². The van der Waals surface area contributed by atoms with Crippen LogP contribution in [0.1, 0.15) is 18.4 Å². The Kier molecular flexibility index (Phi) is 5.25. The van der Waals surface area contributed by atoms with Crippen LogP contribution in [0.25, 0.3) is 10.9 Å². The average molecular weight is 281 g/mol. The third kappa shape index (κ3) is 3.50. The molecule has 0 radical (unpaired) electrons. The largest absolute Gasteiger partial charge is 0.385 e. The maximum atomic E-state index is 6.10. The van der Waals surface area contributed by atoms with Crippen molar-refractivity contribution in [2.45, 2.75) is 25.8 Å². The highest BCUT2D eigenvalue weighted by atomic mass is 35.5. The molecule has 0 aliphatic rings. The van der Waals surface area contributed by atoms with Crippen LogP contribution >= 0.6 is 11.6 Å². The summed E-state index contributed by atoms with van der Waals surface area (Å²) in [5, 5.41) is 2.05. The summed E-state index contributed by atoms with van der Waals surface area (Å²) in [6.07, 6.45) is 5.29. The highest BCUT2D eigenvalue weighted by molar-refractivity contribution is 6.31. The fourth-order valence-electron chi connectivity index (χ4n) is 2.41. The highest BCUT2D eigenvalue weighted by Crippen LogP contribution is 2.25. The Morgan fingerprint density at radius 3 is 2.89 bits per heavy atom. The lowest BCUT2D eigenvalue weighted by Crippen LogP contribution is -2.02. The van der Waals surface area contributed by atoms with Gasteiger partial charge in [0.2, 0.25) is 0 Å². The number of fused-ring (bicyclic) bond motifs is 1. The minimum atomic E-state index is 0.672. The van der Waals surface area contributed by atoms with Gasteiger partial charge in [0, 0.05) is 42.4 Å². The molecule has 0 bridgehead atoms. The topological polar surface area (TPSA) is 40.2 Å². The fourth-order valence-corrected chi connectivity index (χ4v) is 2.58. The Bertz CT molecular complexity index is 536.